The maximum atomic E-state index is 13.2. The first kappa shape index (κ1) is 22.6. The Balaban J connectivity index is 2.43. The summed E-state index contributed by atoms with van der Waals surface area (Å²) in [5.74, 6) is -1.04. The smallest absolute Gasteiger partial charge is 0.417 e. The highest BCUT2D eigenvalue weighted by Crippen LogP contribution is 2.38. The summed E-state index contributed by atoms with van der Waals surface area (Å²) < 4.78 is 79.0. The highest BCUT2D eigenvalue weighted by Gasteiger charge is 2.38. The second-order valence-corrected chi connectivity index (χ2v) is 7.39. The minimum atomic E-state index is -4.97. The predicted octanol–water partition coefficient (Wildman–Crippen LogP) is 4.32. The summed E-state index contributed by atoms with van der Waals surface area (Å²) in [5, 5.41) is -0.282. The molecule has 0 fully saturated rings. The van der Waals surface area contributed by atoms with Crippen LogP contribution < -0.4 is 8.92 Å². The van der Waals surface area contributed by atoms with Crippen molar-refractivity contribution >= 4 is 33.8 Å². The third-order valence-corrected chi connectivity index (χ3v) is 5.05. The van der Waals surface area contributed by atoms with Gasteiger partial charge in [-0.1, -0.05) is 17.7 Å². The maximum Gasteiger partial charge on any atom is 0.417 e. The van der Waals surface area contributed by atoms with E-state index in [0.717, 1.165) is 12.1 Å². The van der Waals surface area contributed by atoms with E-state index in [1.807, 2.05) is 0 Å². The Morgan fingerprint density at radius 3 is 2.34 bits per heavy atom. The lowest BCUT2D eigenvalue weighted by atomic mass is 10.2. The van der Waals surface area contributed by atoms with Crippen LogP contribution in [-0.2, 0) is 25.8 Å². The van der Waals surface area contributed by atoms with E-state index in [2.05, 4.69) is 4.74 Å². The molecule has 0 unspecified atom stereocenters. The fourth-order valence-electron chi connectivity index (χ4n) is 2.19. The lowest BCUT2D eigenvalue weighted by molar-refractivity contribution is -0.140. The molecule has 2 rings (SSSR count). The maximum absolute atomic E-state index is 13.2. The minimum absolute atomic E-state index is 0.0805. The number of methoxy groups -OCH3 is 2. The number of hydrogen-bond acceptors (Lipinski definition) is 6. The van der Waals surface area contributed by atoms with Crippen molar-refractivity contribution in [1.82, 2.24) is 0 Å². The number of halogens is 4. The normalized spacial score (nSPS) is 12.1. The lowest BCUT2D eigenvalue weighted by Gasteiger charge is -2.15. The van der Waals surface area contributed by atoms with Gasteiger partial charge in [-0.2, -0.15) is 21.6 Å². The number of carbonyl (C=O) groups excluding carboxylic acids is 1. The van der Waals surface area contributed by atoms with Crippen LogP contribution in [0.25, 0.3) is 6.08 Å². The van der Waals surface area contributed by atoms with Crippen LogP contribution in [0.15, 0.2) is 47.4 Å². The number of carbonyl (C=O) groups is 1. The third kappa shape index (κ3) is 5.64. The first-order valence-electron chi connectivity index (χ1n) is 7.73. The Hall–Kier alpha value is -2.72. The fourth-order valence-corrected chi connectivity index (χ4v) is 3.51. The molecule has 2 aromatic carbocycles. The molecular weight excluding hydrogens is 437 g/mol. The molecule has 156 valence electrons. The molecule has 29 heavy (non-hydrogen) atoms. The van der Waals surface area contributed by atoms with E-state index in [1.54, 1.807) is 0 Å². The summed E-state index contributed by atoms with van der Waals surface area (Å²) in [6, 6.07) is 6.09. The van der Waals surface area contributed by atoms with Gasteiger partial charge in [0.05, 0.1) is 19.8 Å². The van der Waals surface area contributed by atoms with E-state index in [1.165, 1.54) is 38.5 Å². The van der Waals surface area contributed by atoms with E-state index < -0.39 is 32.7 Å². The second kappa shape index (κ2) is 8.75. The van der Waals surface area contributed by atoms with Crippen LogP contribution in [0.3, 0.4) is 0 Å². The van der Waals surface area contributed by atoms with Crippen LogP contribution in [0.4, 0.5) is 13.2 Å². The molecule has 0 spiro atoms. The van der Waals surface area contributed by atoms with Crippen LogP contribution in [0.5, 0.6) is 11.5 Å². The molecule has 0 aliphatic rings. The van der Waals surface area contributed by atoms with Gasteiger partial charge < -0.3 is 13.7 Å². The third-order valence-electron chi connectivity index (χ3n) is 3.52. The zero-order chi connectivity index (χ0) is 21.8. The molecule has 11 heteroatoms. The molecule has 0 aromatic heterocycles. The number of esters is 1. The number of ether oxygens (including phenoxy) is 2. The number of rotatable bonds is 6. The van der Waals surface area contributed by atoms with Gasteiger partial charge in [-0.3, -0.25) is 0 Å². The molecule has 0 aliphatic carbocycles. The van der Waals surface area contributed by atoms with Gasteiger partial charge in [-0.25, -0.2) is 4.79 Å². The van der Waals surface area contributed by atoms with Crippen LogP contribution in [0.2, 0.25) is 5.02 Å². The predicted molar refractivity (Wildman–Crippen MR) is 98.3 cm³/mol. The largest absolute Gasteiger partial charge is 0.493 e. The van der Waals surface area contributed by atoms with E-state index in [4.69, 9.17) is 20.5 Å². The van der Waals surface area contributed by atoms with Gasteiger partial charge in [-0.15, -0.1) is 0 Å². The Bertz CT molecular complexity index is 1050. The summed E-state index contributed by atoms with van der Waals surface area (Å²) in [6.45, 7) is 0. The van der Waals surface area contributed by atoms with Crippen molar-refractivity contribution in [2.45, 2.75) is 11.1 Å². The molecule has 0 bridgehead atoms. The van der Waals surface area contributed by atoms with Crippen LogP contribution in [-0.4, -0.2) is 28.6 Å². The molecule has 2 aromatic rings. The fraction of sp³-hybridized carbons (Fsp3) is 0.167. The van der Waals surface area contributed by atoms with Crippen molar-refractivity contribution in [3.05, 3.63) is 58.6 Å². The number of benzene rings is 2. The summed E-state index contributed by atoms with van der Waals surface area (Å²) in [7, 11) is -2.46. The van der Waals surface area contributed by atoms with Crippen LogP contribution in [0, 0.1) is 0 Å². The quantitative estimate of drug-likeness (QED) is 0.370. The van der Waals surface area contributed by atoms with Gasteiger partial charge in [0.15, 0.2) is 11.5 Å². The number of alkyl halides is 3. The minimum Gasteiger partial charge on any atom is -0.493 e. The van der Waals surface area contributed by atoms with Crippen molar-refractivity contribution < 1.29 is 40.0 Å². The molecule has 0 radical (unpaired) electrons. The van der Waals surface area contributed by atoms with Crippen LogP contribution in [0.1, 0.15) is 11.1 Å². The molecular formula is C18H14ClF3O6S. The summed E-state index contributed by atoms with van der Waals surface area (Å²) in [4.78, 5) is 10.1. The molecule has 0 amide bonds. The topological polar surface area (TPSA) is 78.9 Å². The van der Waals surface area contributed by atoms with Crippen molar-refractivity contribution in [2.75, 3.05) is 14.2 Å². The molecule has 0 N–H and O–H groups in total. The van der Waals surface area contributed by atoms with E-state index in [0.29, 0.717) is 17.7 Å². The Morgan fingerprint density at radius 1 is 1.07 bits per heavy atom. The first-order chi connectivity index (χ1) is 13.5. The van der Waals surface area contributed by atoms with E-state index in [9.17, 15) is 26.4 Å². The first-order valence-corrected chi connectivity index (χ1v) is 9.52. The van der Waals surface area contributed by atoms with Crippen molar-refractivity contribution in [2.24, 2.45) is 0 Å². The molecule has 0 atom stereocenters. The van der Waals surface area contributed by atoms with Gasteiger partial charge in [0, 0.05) is 11.1 Å². The number of hydrogen-bond donors (Lipinski definition) is 0. The monoisotopic (exact) mass is 450 g/mol. The van der Waals surface area contributed by atoms with Gasteiger partial charge in [0.1, 0.15) is 4.90 Å². The summed E-state index contributed by atoms with van der Waals surface area (Å²) >= 11 is 5.57. The molecule has 0 heterocycles. The molecule has 0 saturated heterocycles. The van der Waals surface area contributed by atoms with E-state index in [-0.39, 0.29) is 16.5 Å². The van der Waals surface area contributed by atoms with Gasteiger partial charge >= 0.3 is 22.3 Å². The average Bonchev–Trinajstić information content (AvgIpc) is 2.65. The highest BCUT2D eigenvalue weighted by molar-refractivity contribution is 7.87. The zero-order valence-corrected chi connectivity index (χ0v) is 16.6. The lowest BCUT2D eigenvalue weighted by Crippen LogP contribution is -2.17. The highest BCUT2D eigenvalue weighted by atomic mass is 35.5. The van der Waals surface area contributed by atoms with Crippen molar-refractivity contribution in [3.8, 4) is 11.5 Å². The van der Waals surface area contributed by atoms with Gasteiger partial charge in [0.2, 0.25) is 0 Å². The van der Waals surface area contributed by atoms with E-state index >= 15 is 0 Å². The SMILES string of the molecule is COC(=O)/C=C/c1ccc(OS(=O)(=O)c2ccc(Cl)cc2C(F)(F)F)c(OC)c1. The Labute approximate surface area is 169 Å². The Morgan fingerprint density at radius 2 is 1.76 bits per heavy atom. The summed E-state index contributed by atoms with van der Waals surface area (Å²) in [5.41, 5.74) is -1.03. The molecule has 0 aliphatic heterocycles. The zero-order valence-electron chi connectivity index (χ0n) is 15.0. The van der Waals surface area contributed by atoms with Crippen molar-refractivity contribution in [1.29, 1.82) is 0 Å². The molecule has 0 saturated carbocycles. The molecule has 6 nitrogen and oxygen atoms in total. The van der Waals surface area contributed by atoms with Crippen LogP contribution >= 0.6 is 11.6 Å². The Kier molecular flexibility index (Phi) is 6.81. The average molecular weight is 451 g/mol. The van der Waals surface area contributed by atoms with Gasteiger partial charge in [0.25, 0.3) is 0 Å². The van der Waals surface area contributed by atoms with Gasteiger partial charge in [-0.05, 0) is 42.0 Å². The summed E-state index contributed by atoms with van der Waals surface area (Å²) in [6.07, 6.45) is -2.48. The van der Waals surface area contributed by atoms with Crippen molar-refractivity contribution in [3.63, 3.8) is 0 Å². The second-order valence-electron chi connectivity index (χ2n) is 5.44. The standard InChI is InChI=1S/C18H14ClF3O6S/c1-26-15-9-11(4-8-17(23)27-2)3-6-14(15)28-29(24,25)16-7-5-12(19)10-13(16)18(20,21)22/h3-10H,1-2H3/b8-4+.